The molecule has 1 atom stereocenters. The zero-order valence-electron chi connectivity index (χ0n) is 10.7. The van der Waals surface area contributed by atoms with Gasteiger partial charge in [0.25, 0.3) is 0 Å². The summed E-state index contributed by atoms with van der Waals surface area (Å²) >= 11 is 5.95. The zero-order valence-corrected chi connectivity index (χ0v) is 11.5. The SMILES string of the molecule is O=C(C[C@@H]1CCOC1)NCCOc1ccccc1Cl. The van der Waals surface area contributed by atoms with Crippen LogP contribution in [0, 0.1) is 5.92 Å². The molecule has 1 saturated heterocycles. The molecule has 1 aromatic carbocycles. The van der Waals surface area contributed by atoms with Crippen LogP contribution in [0.2, 0.25) is 5.02 Å². The predicted molar refractivity (Wildman–Crippen MR) is 73.5 cm³/mol. The molecule has 0 saturated carbocycles. The van der Waals surface area contributed by atoms with E-state index in [2.05, 4.69) is 5.32 Å². The summed E-state index contributed by atoms with van der Waals surface area (Å²) in [4.78, 5) is 11.6. The molecule has 1 aromatic rings. The van der Waals surface area contributed by atoms with E-state index in [-0.39, 0.29) is 5.91 Å². The number of ether oxygens (including phenoxy) is 2. The second-order valence-corrected chi connectivity index (χ2v) is 4.97. The van der Waals surface area contributed by atoms with Crippen molar-refractivity contribution in [1.29, 1.82) is 0 Å². The summed E-state index contributed by atoms with van der Waals surface area (Å²) in [5.41, 5.74) is 0. The molecule has 1 fully saturated rings. The highest BCUT2D eigenvalue weighted by Gasteiger charge is 2.18. The second kappa shape index (κ2) is 7.36. The average Bonchev–Trinajstić information content (AvgIpc) is 2.89. The van der Waals surface area contributed by atoms with Crippen LogP contribution in [-0.2, 0) is 9.53 Å². The number of halogens is 1. The largest absolute Gasteiger partial charge is 0.490 e. The van der Waals surface area contributed by atoms with Gasteiger partial charge in [0, 0.05) is 19.6 Å². The maximum absolute atomic E-state index is 11.6. The van der Waals surface area contributed by atoms with Crippen LogP contribution in [0.3, 0.4) is 0 Å². The smallest absolute Gasteiger partial charge is 0.220 e. The van der Waals surface area contributed by atoms with Gasteiger partial charge in [-0.15, -0.1) is 0 Å². The van der Waals surface area contributed by atoms with Crippen LogP contribution in [0.4, 0.5) is 0 Å². The fraction of sp³-hybridized carbons (Fsp3) is 0.500. The van der Waals surface area contributed by atoms with Gasteiger partial charge in [0.1, 0.15) is 12.4 Å². The lowest BCUT2D eigenvalue weighted by Crippen LogP contribution is -2.29. The van der Waals surface area contributed by atoms with E-state index in [1.165, 1.54) is 0 Å². The van der Waals surface area contributed by atoms with Gasteiger partial charge >= 0.3 is 0 Å². The zero-order chi connectivity index (χ0) is 13.5. The topological polar surface area (TPSA) is 47.6 Å². The van der Waals surface area contributed by atoms with Crippen LogP contribution in [0.25, 0.3) is 0 Å². The number of hydrogen-bond donors (Lipinski definition) is 1. The quantitative estimate of drug-likeness (QED) is 0.815. The first-order chi connectivity index (χ1) is 9.25. The minimum absolute atomic E-state index is 0.0539. The van der Waals surface area contributed by atoms with E-state index in [1.54, 1.807) is 12.1 Å². The van der Waals surface area contributed by atoms with Crippen LogP contribution in [0.15, 0.2) is 24.3 Å². The molecule has 0 aromatic heterocycles. The first kappa shape index (κ1) is 14.2. The number of benzene rings is 1. The van der Waals surface area contributed by atoms with Crippen molar-refractivity contribution in [2.24, 2.45) is 5.92 Å². The third-order valence-electron chi connectivity index (χ3n) is 3.02. The highest BCUT2D eigenvalue weighted by molar-refractivity contribution is 6.32. The normalized spacial score (nSPS) is 18.3. The Morgan fingerprint density at radius 3 is 3.05 bits per heavy atom. The molecule has 1 aliphatic rings. The second-order valence-electron chi connectivity index (χ2n) is 4.56. The molecule has 1 heterocycles. The van der Waals surface area contributed by atoms with Gasteiger partial charge in [-0.25, -0.2) is 0 Å². The third-order valence-corrected chi connectivity index (χ3v) is 3.33. The molecule has 1 amide bonds. The molecule has 2 rings (SSSR count). The van der Waals surface area contributed by atoms with Gasteiger partial charge in [0.2, 0.25) is 5.91 Å². The minimum atomic E-state index is 0.0539. The number of hydrogen-bond acceptors (Lipinski definition) is 3. The maximum Gasteiger partial charge on any atom is 0.220 e. The Kier molecular flexibility index (Phi) is 5.48. The molecule has 104 valence electrons. The van der Waals surface area contributed by atoms with Crippen LogP contribution in [0.1, 0.15) is 12.8 Å². The van der Waals surface area contributed by atoms with Gasteiger partial charge < -0.3 is 14.8 Å². The average molecular weight is 284 g/mol. The Morgan fingerprint density at radius 2 is 2.32 bits per heavy atom. The van der Waals surface area contributed by atoms with Gasteiger partial charge in [-0.05, 0) is 24.5 Å². The molecular formula is C14H18ClNO3. The molecule has 19 heavy (non-hydrogen) atoms. The Morgan fingerprint density at radius 1 is 1.47 bits per heavy atom. The van der Waals surface area contributed by atoms with E-state index in [0.29, 0.717) is 42.9 Å². The molecule has 4 nitrogen and oxygen atoms in total. The number of carbonyl (C=O) groups is 1. The van der Waals surface area contributed by atoms with Crippen LogP contribution in [0.5, 0.6) is 5.75 Å². The minimum Gasteiger partial charge on any atom is -0.490 e. The summed E-state index contributed by atoms with van der Waals surface area (Å²) in [5, 5.41) is 3.42. The summed E-state index contributed by atoms with van der Waals surface area (Å²) in [5.74, 6) is 1.06. The van der Waals surface area contributed by atoms with Crippen molar-refractivity contribution in [2.45, 2.75) is 12.8 Å². The fourth-order valence-electron chi connectivity index (χ4n) is 1.99. The number of carbonyl (C=O) groups excluding carboxylic acids is 1. The Balaban J connectivity index is 1.61. The van der Waals surface area contributed by atoms with Crippen molar-refractivity contribution in [3.8, 4) is 5.75 Å². The Labute approximate surface area is 118 Å². The highest BCUT2D eigenvalue weighted by Crippen LogP contribution is 2.22. The van der Waals surface area contributed by atoms with Crippen LogP contribution < -0.4 is 10.1 Å². The summed E-state index contributed by atoms with van der Waals surface area (Å²) in [6.07, 6.45) is 1.51. The fourth-order valence-corrected chi connectivity index (χ4v) is 2.18. The molecule has 0 radical (unpaired) electrons. The van der Waals surface area contributed by atoms with Crippen molar-refractivity contribution in [3.05, 3.63) is 29.3 Å². The van der Waals surface area contributed by atoms with Gasteiger partial charge in [-0.1, -0.05) is 23.7 Å². The van der Waals surface area contributed by atoms with Gasteiger partial charge in [-0.3, -0.25) is 4.79 Å². The molecule has 5 heteroatoms. The van der Waals surface area contributed by atoms with E-state index in [9.17, 15) is 4.79 Å². The van der Waals surface area contributed by atoms with Gasteiger partial charge in [-0.2, -0.15) is 0 Å². The molecule has 0 spiro atoms. The summed E-state index contributed by atoms with van der Waals surface area (Å²) in [6.45, 7) is 2.37. The van der Waals surface area contributed by atoms with E-state index in [1.807, 2.05) is 12.1 Å². The lowest BCUT2D eigenvalue weighted by molar-refractivity contribution is -0.122. The first-order valence-electron chi connectivity index (χ1n) is 6.47. The standard InChI is InChI=1S/C14H18ClNO3/c15-12-3-1-2-4-13(12)19-8-6-16-14(17)9-11-5-7-18-10-11/h1-4,11H,5-10H2,(H,16,17)/t11-/m0/s1. The van der Waals surface area contributed by atoms with Crippen molar-refractivity contribution < 1.29 is 14.3 Å². The molecule has 0 bridgehead atoms. The maximum atomic E-state index is 11.6. The van der Waals surface area contributed by atoms with Crippen molar-refractivity contribution in [2.75, 3.05) is 26.4 Å². The number of rotatable bonds is 6. The van der Waals surface area contributed by atoms with Gasteiger partial charge in [0.15, 0.2) is 0 Å². The Bertz CT molecular complexity index is 419. The lowest BCUT2D eigenvalue weighted by Gasteiger charge is -2.10. The summed E-state index contributed by atoms with van der Waals surface area (Å²) in [6, 6.07) is 7.29. The van der Waals surface area contributed by atoms with E-state index in [0.717, 1.165) is 13.0 Å². The molecular weight excluding hydrogens is 266 g/mol. The predicted octanol–water partition coefficient (Wildman–Crippen LogP) is 2.26. The van der Waals surface area contributed by atoms with E-state index < -0.39 is 0 Å². The van der Waals surface area contributed by atoms with Crippen LogP contribution in [-0.4, -0.2) is 32.3 Å². The number of amides is 1. The molecule has 0 unspecified atom stereocenters. The number of para-hydroxylation sites is 1. The van der Waals surface area contributed by atoms with Gasteiger partial charge in [0.05, 0.1) is 11.6 Å². The monoisotopic (exact) mass is 283 g/mol. The number of nitrogens with one attached hydrogen (secondary N) is 1. The van der Waals surface area contributed by atoms with E-state index in [4.69, 9.17) is 21.1 Å². The molecule has 1 N–H and O–H groups in total. The van der Waals surface area contributed by atoms with E-state index >= 15 is 0 Å². The Hall–Kier alpha value is -1.26. The summed E-state index contributed by atoms with van der Waals surface area (Å²) < 4.78 is 10.7. The highest BCUT2D eigenvalue weighted by atomic mass is 35.5. The van der Waals surface area contributed by atoms with Crippen molar-refractivity contribution >= 4 is 17.5 Å². The molecule has 0 aliphatic carbocycles. The third kappa shape index (κ3) is 4.73. The van der Waals surface area contributed by atoms with Crippen LogP contribution >= 0.6 is 11.6 Å². The lowest BCUT2D eigenvalue weighted by atomic mass is 10.1. The molecule has 1 aliphatic heterocycles. The summed E-state index contributed by atoms with van der Waals surface area (Å²) in [7, 11) is 0. The van der Waals surface area contributed by atoms with Crippen molar-refractivity contribution in [3.63, 3.8) is 0 Å². The van der Waals surface area contributed by atoms with Crippen molar-refractivity contribution in [1.82, 2.24) is 5.32 Å². The first-order valence-corrected chi connectivity index (χ1v) is 6.85.